The third-order valence-electron chi connectivity index (χ3n) is 5.32. The number of hydrogen-bond donors (Lipinski definition) is 0. The van der Waals surface area contributed by atoms with E-state index in [4.69, 9.17) is 21.1 Å². The van der Waals surface area contributed by atoms with Crippen molar-refractivity contribution in [1.29, 1.82) is 0 Å². The molecule has 0 spiro atoms. The molecule has 9 heteroatoms. The highest BCUT2D eigenvalue weighted by molar-refractivity contribution is 8.18. The zero-order valence-corrected chi connectivity index (χ0v) is 19.6. The van der Waals surface area contributed by atoms with Crippen LogP contribution >= 0.6 is 23.4 Å². The summed E-state index contributed by atoms with van der Waals surface area (Å²) in [6, 6.07) is 3.37. The lowest BCUT2D eigenvalue weighted by molar-refractivity contribution is -0.136. The van der Waals surface area contributed by atoms with Crippen LogP contribution < -0.4 is 9.47 Å². The number of hydrogen-bond acceptors (Lipinski definition) is 6. The molecule has 1 atom stereocenters. The van der Waals surface area contributed by atoms with Gasteiger partial charge in [0.25, 0.3) is 11.1 Å². The maximum Gasteiger partial charge on any atom is 0.294 e. The van der Waals surface area contributed by atoms with Gasteiger partial charge in [-0.25, -0.2) is 0 Å². The maximum atomic E-state index is 12.8. The van der Waals surface area contributed by atoms with Gasteiger partial charge in [-0.05, 0) is 68.1 Å². The number of likely N-dealkylation sites (tertiary alicyclic amines) is 1. The van der Waals surface area contributed by atoms with E-state index in [-0.39, 0.29) is 23.5 Å². The lowest BCUT2D eigenvalue weighted by Gasteiger charge is -2.27. The largest absolute Gasteiger partial charge is 0.493 e. The van der Waals surface area contributed by atoms with Crippen molar-refractivity contribution in [2.75, 3.05) is 26.7 Å². The van der Waals surface area contributed by atoms with Crippen molar-refractivity contribution in [3.8, 4) is 11.5 Å². The molecule has 1 aromatic rings. The molecule has 2 saturated heterocycles. The summed E-state index contributed by atoms with van der Waals surface area (Å²) >= 11 is 7.21. The second-order valence-corrected chi connectivity index (χ2v) is 8.98. The number of nitrogens with zero attached hydrogens (tertiary/aromatic N) is 2. The van der Waals surface area contributed by atoms with Crippen LogP contribution in [0.2, 0.25) is 5.02 Å². The zero-order valence-electron chi connectivity index (χ0n) is 18.0. The summed E-state index contributed by atoms with van der Waals surface area (Å²) in [5.41, 5.74) is 0.603. The Morgan fingerprint density at radius 2 is 1.97 bits per heavy atom. The van der Waals surface area contributed by atoms with Gasteiger partial charge in [0.05, 0.1) is 23.1 Å². The lowest BCUT2D eigenvalue weighted by atomic mass is 10.1. The number of ether oxygens (including phenoxy) is 2. The summed E-state index contributed by atoms with van der Waals surface area (Å²) in [5.74, 6) is 0.212. The van der Waals surface area contributed by atoms with Crippen LogP contribution in [-0.2, 0) is 9.59 Å². The Balaban J connectivity index is 1.77. The predicted octanol–water partition coefficient (Wildman–Crippen LogP) is 4.57. The number of thioether (sulfide) groups is 1. The minimum Gasteiger partial charge on any atom is -0.493 e. The van der Waals surface area contributed by atoms with Crippen LogP contribution in [0.5, 0.6) is 11.5 Å². The highest BCUT2D eigenvalue weighted by Crippen LogP contribution is 2.39. The molecule has 2 fully saturated rings. The quantitative estimate of drug-likeness (QED) is 0.547. The molecular weight excluding hydrogens is 440 g/mol. The Morgan fingerprint density at radius 1 is 1.26 bits per heavy atom. The molecule has 2 heterocycles. The number of piperidine rings is 1. The Morgan fingerprint density at radius 3 is 2.61 bits per heavy atom. The van der Waals surface area contributed by atoms with Crippen molar-refractivity contribution >= 4 is 46.5 Å². The van der Waals surface area contributed by atoms with Gasteiger partial charge in [-0.1, -0.05) is 18.5 Å². The normalized spacial score (nSPS) is 19.2. The van der Waals surface area contributed by atoms with Gasteiger partial charge in [-0.15, -0.1) is 0 Å². The number of benzene rings is 1. The highest BCUT2D eigenvalue weighted by atomic mass is 35.5. The van der Waals surface area contributed by atoms with Crippen molar-refractivity contribution in [3.63, 3.8) is 0 Å². The summed E-state index contributed by atoms with van der Waals surface area (Å²) < 4.78 is 11.3. The fourth-order valence-electron chi connectivity index (χ4n) is 3.39. The van der Waals surface area contributed by atoms with Gasteiger partial charge >= 0.3 is 0 Å². The Labute approximate surface area is 191 Å². The summed E-state index contributed by atoms with van der Waals surface area (Å²) in [7, 11) is 1.51. The van der Waals surface area contributed by atoms with Crippen LogP contribution in [0, 0.1) is 0 Å². The van der Waals surface area contributed by atoms with Gasteiger partial charge in [-0.3, -0.25) is 19.3 Å². The number of methoxy groups -OCH3 is 1. The molecule has 2 aliphatic rings. The molecule has 7 nitrogen and oxygen atoms in total. The van der Waals surface area contributed by atoms with Crippen LogP contribution in [0.25, 0.3) is 6.08 Å². The number of rotatable bonds is 7. The third-order valence-corrected chi connectivity index (χ3v) is 6.51. The average Bonchev–Trinajstić information content (AvgIpc) is 3.02. The molecule has 0 saturated carbocycles. The minimum atomic E-state index is -0.476. The predicted molar refractivity (Wildman–Crippen MR) is 121 cm³/mol. The van der Waals surface area contributed by atoms with Crippen molar-refractivity contribution in [3.05, 3.63) is 27.6 Å². The Hall–Kier alpha value is -2.19. The molecule has 0 aromatic heterocycles. The summed E-state index contributed by atoms with van der Waals surface area (Å²) in [6.45, 7) is 5.06. The molecule has 1 aromatic carbocycles. The smallest absolute Gasteiger partial charge is 0.294 e. The molecule has 0 bridgehead atoms. The van der Waals surface area contributed by atoms with Gasteiger partial charge in [-0.2, -0.15) is 0 Å². The second-order valence-electron chi connectivity index (χ2n) is 7.58. The number of imide groups is 1. The fraction of sp³-hybridized carbons (Fsp3) is 0.500. The Kier molecular flexibility index (Phi) is 7.89. The van der Waals surface area contributed by atoms with E-state index < -0.39 is 11.1 Å². The number of halogens is 1. The van der Waals surface area contributed by atoms with Crippen molar-refractivity contribution in [1.82, 2.24) is 9.80 Å². The molecule has 3 rings (SSSR count). The fourth-order valence-corrected chi connectivity index (χ4v) is 4.49. The second kappa shape index (κ2) is 10.4. The molecule has 168 valence electrons. The molecule has 0 aliphatic carbocycles. The standard InChI is InChI=1S/C22H27ClN2O5S/c1-4-14(2)30-20-16(23)10-15(11-17(20)29-3)12-18-21(27)25(22(28)31-18)13-19(26)24-8-6-5-7-9-24/h10-12,14H,4-9,13H2,1-3H3/b18-12-/t14-/m0/s1. The van der Waals surface area contributed by atoms with Crippen LogP contribution in [0.4, 0.5) is 4.79 Å². The van der Waals surface area contributed by atoms with Gasteiger partial charge in [0.1, 0.15) is 6.54 Å². The molecule has 31 heavy (non-hydrogen) atoms. The van der Waals surface area contributed by atoms with Crippen LogP contribution in [0.1, 0.15) is 45.1 Å². The van der Waals surface area contributed by atoms with Gasteiger partial charge < -0.3 is 14.4 Å². The molecule has 0 N–H and O–H groups in total. The topological polar surface area (TPSA) is 76.2 Å². The molecular formula is C22H27ClN2O5S. The van der Waals surface area contributed by atoms with Gasteiger partial charge in [0.2, 0.25) is 5.91 Å². The number of amides is 3. The monoisotopic (exact) mass is 466 g/mol. The summed E-state index contributed by atoms with van der Waals surface area (Å²) in [6.07, 6.45) is 5.36. The average molecular weight is 467 g/mol. The number of carbonyl (C=O) groups excluding carboxylic acids is 3. The first kappa shape index (κ1) is 23.5. The van der Waals surface area contributed by atoms with E-state index in [1.54, 1.807) is 23.1 Å². The van der Waals surface area contributed by atoms with E-state index in [0.29, 0.717) is 35.2 Å². The van der Waals surface area contributed by atoms with Gasteiger partial charge in [0.15, 0.2) is 11.5 Å². The maximum absolute atomic E-state index is 12.8. The summed E-state index contributed by atoms with van der Waals surface area (Å²) in [5, 5.41) is -0.0956. The highest BCUT2D eigenvalue weighted by Gasteiger charge is 2.37. The first-order valence-corrected chi connectivity index (χ1v) is 11.6. The summed E-state index contributed by atoms with van der Waals surface area (Å²) in [4.78, 5) is 40.6. The first-order valence-electron chi connectivity index (χ1n) is 10.4. The molecule has 0 unspecified atom stereocenters. The Bertz CT molecular complexity index is 898. The van der Waals surface area contributed by atoms with Gasteiger partial charge in [0, 0.05) is 13.1 Å². The van der Waals surface area contributed by atoms with E-state index in [1.165, 1.54) is 7.11 Å². The molecule has 2 aliphatic heterocycles. The lowest BCUT2D eigenvalue weighted by Crippen LogP contribution is -2.44. The third kappa shape index (κ3) is 5.54. The first-order chi connectivity index (χ1) is 14.8. The van der Waals surface area contributed by atoms with E-state index in [2.05, 4.69) is 0 Å². The molecule has 3 amide bonds. The van der Waals surface area contributed by atoms with Crippen molar-refractivity contribution in [2.45, 2.75) is 45.6 Å². The van der Waals surface area contributed by atoms with E-state index in [9.17, 15) is 14.4 Å². The van der Waals surface area contributed by atoms with Crippen LogP contribution in [0.3, 0.4) is 0 Å². The van der Waals surface area contributed by atoms with Crippen molar-refractivity contribution in [2.24, 2.45) is 0 Å². The number of carbonyl (C=O) groups is 3. The minimum absolute atomic E-state index is 0.0359. The van der Waals surface area contributed by atoms with E-state index in [1.807, 2.05) is 13.8 Å². The van der Waals surface area contributed by atoms with E-state index in [0.717, 1.165) is 42.3 Å². The van der Waals surface area contributed by atoms with Crippen LogP contribution in [-0.4, -0.2) is 59.7 Å². The molecule has 0 radical (unpaired) electrons. The van der Waals surface area contributed by atoms with Crippen LogP contribution in [0.15, 0.2) is 17.0 Å². The zero-order chi connectivity index (χ0) is 22.5. The van der Waals surface area contributed by atoms with E-state index >= 15 is 0 Å². The SMILES string of the molecule is CC[C@H](C)Oc1c(Cl)cc(/C=C2\SC(=O)N(CC(=O)N3CCCCC3)C2=O)cc1OC. The van der Waals surface area contributed by atoms with Crippen molar-refractivity contribution < 1.29 is 23.9 Å².